The zero-order chi connectivity index (χ0) is 38.5. The van der Waals surface area contributed by atoms with Crippen LogP contribution in [-0.4, -0.2) is 53.9 Å². The number of benzene rings is 4. The number of fused-ring (bicyclic) bond motifs is 4. The van der Waals surface area contributed by atoms with Crippen molar-refractivity contribution in [3.63, 3.8) is 0 Å². The molecule has 4 atom stereocenters. The van der Waals surface area contributed by atoms with Crippen LogP contribution in [0.15, 0.2) is 103 Å². The largest absolute Gasteiger partial charge is 0.396 e. The smallest absolute Gasteiger partial charge is 0.264 e. The number of rotatable bonds is 11. The highest BCUT2D eigenvalue weighted by Crippen LogP contribution is 2.60. The highest BCUT2D eigenvalue weighted by molar-refractivity contribution is 6.72. The molecular formula is C43H44FN5O5Si. The minimum absolute atomic E-state index is 0.140. The fourth-order valence-electron chi connectivity index (χ4n) is 8.92. The van der Waals surface area contributed by atoms with Crippen LogP contribution < -0.4 is 15.5 Å². The van der Waals surface area contributed by atoms with Crippen molar-refractivity contribution in [2.24, 2.45) is 5.92 Å². The molecule has 1 fully saturated rings. The summed E-state index contributed by atoms with van der Waals surface area (Å²) in [5.41, 5.74) is 4.59. The highest BCUT2D eigenvalue weighted by atomic mass is 28.4. The zero-order valence-corrected chi connectivity index (χ0v) is 32.0. The van der Waals surface area contributed by atoms with Gasteiger partial charge in [-0.05, 0) is 78.7 Å². The van der Waals surface area contributed by atoms with Gasteiger partial charge < -0.3 is 39.5 Å². The number of carbonyl (C=O) groups excluding carboxylic acids is 3. The lowest BCUT2D eigenvalue weighted by atomic mass is 9.82. The van der Waals surface area contributed by atoms with Crippen molar-refractivity contribution in [3.05, 3.63) is 126 Å². The van der Waals surface area contributed by atoms with E-state index in [1.54, 1.807) is 36.2 Å². The van der Waals surface area contributed by atoms with Gasteiger partial charge in [-0.25, -0.2) is 0 Å². The van der Waals surface area contributed by atoms with Crippen molar-refractivity contribution in [2.75, 3.05) is 22.1 Å². The molecule has 0 aliphatic carbocycles. The number of carbonyl (C=O) groups is 3. The van der Waals surface area contributed by atoms with Gasteiger partial charge in [-0.3, -0.25) is 14.4 Å². The Morgan fingerprint density at radius 3 is 2.05 bits per heavy atom. The summed E-state index contributed by atoms with van der Waals surface area (Å²) >= 11 is 0. The molecule has 10 nitrogen and oxygen atoms in total. The molecule has 12 heteroatoms. The molecule has 0 radical (unpaired) electrons. The van der Waals surface area contributed by atoms with E-state index in [1.807, 2.05) is 92.1 Å². The van der Waals surface area contributed by atoms with E-state index in [0.717, 1.165) is 38.5 Å². The van der Waals surface area contributed by atoms with Crippen LogP contribution in [0, 0.1) is 5.92 Å². The first-order valence-corrected chi connectivity index (χ1v) is 21.6. The second kappa shape index (κ2) is 14.3. The maximum Gasteiger partial charge on any atom is 0.264 e. The lowest BCUT2D eigenvalue weighted by molar-refractivity contribution is -0.146. The Balaban J connectivity index is 1.08. The third kappa shape index (κ3) is 6.64. The molecule has 5 N–H and O–H groups in total. The normalized spacial score (nSPS) is 20.8. The van der Waals surface area contributed by atoms with Gasteiger partial charge >= 0.3 is 0 Å². The van der Waals surface area contributed by atoms with Crippen molar-refractivity contribution in [1.82, 2.24) is 9.97 Å². The van der Waals surface area contributed by atoms with E-state index in [1.165, 1.54) is 0 Å². The van der Waals surface area contributed by atoms with Gasteiger partial charge in [-0.15, -0.1) is 0 Å². The van der Waals surface area contributed by atoms with E-state index < -0.39 is 31.6 Å². The SMILES string of the molecule is C[C@H]1[C@H]([Si](C)(C)F)[C@@H](CCO)O[C@]12C(=O)N(Cc1cccc(NC(=O)Cc3c[nH]c4ccccc34)c1)c1ccc(NC(=O)Cc3c[nH]c4ccccc34)cc12. The Hall–Kier alpha value is -5.56. The lowest BCUT2D eigenvalue weighted by Crippen LogP contribution is -2.45. The van der Waals surface area contributed by atoms with Crippen molar-refractivity contribution in [2.45, 2.75) is 63.1 Å². The maximum atomic E-state index is 16.1. The first-order valence-electron chi connectivity index (χ1n) is 18.7. The van der Waals surface area contributed by atoms with Gasteiger partial charge in [0.05, 0.1) is 31.2 Å². The summed E-state index contributed by atoms with van der Waals surface area (Å²) in [6.07, 6.45) is 3.54. The third-order valence-electron chi connectivity index (χ3n) is 11.3. The molecule has 8 rings (SSSR count). The number of aromatic nitrogens is 2. The van der Waals surface area contributed by atoms with Crippen molar-refractivity contribution >= 4 is 65.0 Å². The van der Waals surface area contributed by atoms with Crippen LogP contribution in [0.4, 0.5) is 21.2 Å². The molecule has 0 bridgehead atoms. The molecule has 1 saturated heterocycles. The van der Waals surface area contributed by atoms with E-state index in [2.05, 4.69) is 20.6 Å². The van der Waals surface area contributed by atoms with E-state index >= 15 is 4.11 Å². The average Bonchev–Trinajstić information content (AvgIpc) is 3.89. The molecule has 1 spiro atoms. The average molecular weight is 758 g/mol. The predicted molar refractivity (Wildman–Crippen MR) is 215 cm³/mol. The number of aromatic amines is 2. The highest BCUT2D eigenvalue weighted by Gasteiger charge is 2.66. The third-order valence-corrected chi connectivity index (χ3v) is 13.7. The molecular weight excluding hydrogens is 714 g/mol. The number of anilines is 3. The summed E-state index contributed by atoms with van der Waals surface area (Å²) < 4.78 is 22.9. The Morgan fingerprint density at radius 2 is 1.45 bits per heavy atom. The van der Waals surface area contributed by atoms with E-state index in [0.29, 0.717) is 22.6 Å². The van der Waals surface area contributed by atoms with Crippen LogP contribution >= 0.6 is 0 Å². The number of para-hydroxylation sites is 2. The van der Waals surface area contributed by atoms with E-state index in [9.17, 15) is 19.5 Å². The van der Waals surface area contributed by atoms with Crippen LogP contribution in [0.2, 0.25) is 18.6 Å². The van der Waals surface area contributed by atoms with Gasteiger partial charge in [0.15, 0.2) is 5.60 Å². The number of hydrogen-bond donors (Lipinski definition) is 5. The summed E-state index contributed by atoms with van der Waals surface area (Å²) in [7, 11) is -3.41. The number of halogens is 1. The molecule has 282 valence electrons. The number of nitrogens with zero attached hydrogens (tertiary/aromatic N) is 1. The number of hydrogen-bond acceptors (Lipinski definition) is 5. The molecule has 4 heterocycles. The Kier molecular flexibility index (Phi) is 9.44. The second-order valence-electron chi connectivity index (χ2n) is 15.3. The molecule has 3 amide bonds. The van der Waals surface area contributed by atoms with Crippen molar-refractivity contribution in [3.8, 4) is 0 Å². The maximum absolute atomic E-state index is 16.1. The van der Waals surface area contributed by atoms with Crippen LogP contribution in [0.25, 0.3) is 21.8 Å². The molecule has 6 aromatic rings. The summed E-state index contributed by atoms with van der Waals surface area (Å²) in [5.74, 6) is -1.28. The van der Waals surface area contributed by atoms with Crippen LogP contribution in [0.1, 0.15) is 35.6 Å². The fourth-order valence-corrected chi connectivity index (χ4v) is 11.5. The topological polar surface area (TPSA) is 140 Å². The summed E-state index contributed by atoms with van der Waals surface area (Å²) in [5, 5.41) is 18.0. The monoisotopic (exact) mass is 757 g/mol. The summed E-state index contributed by atoms with van der Waals surface area (Å²) in [6.45, 7) is 5.07. The van der Waals surface area contributed by atoms with Gasteiger partial charge in [-0.2, -0.15) is 0 Å². The fraction of sp³-hybridized carbons (Fsp3) is 0.279. The molecule has 2 aromatic heterocycles. The Morgan fingerprint density at radius 1 is 0.855 bits per heavy atom. The molecule has 0 unspecified atom stereocenters. The van der Waals surface area contributed by atoms with Crippen LogP contribution in [0.3, 0.4) is 0 Å². The minimum atomic E-state index is -3.41. The van der Waals surface area contributed by atoms with Crippen LogP contribution in [-0.2, 0) is 44.1 Å². The standard InChI is InChI=1S/C43H44FN5O5Si/c1-26-41(55(2,3)44)38(17-18-50)54-43(26)34-22-31(48-40(52)21-29-24-46-36-14-7-5-12-33(29)36)15-16-37(34)49(42(43)53)25-27-9-8-10-30(19-27)47-39(51)20-28-23-45-35-13-6-4-11-32(28)35/h4-16,19,22-24,26,38,41,45-46,50H,17-18,20-21,25H2,1-3H3,(H,47,51)(H,48,52)/t26-,38+,41-,43+/m0/s1. The van der Waals surface area contributed by atoms with Gasteiger partial charge in [0.25, 0.3) is 5.91 Å². The summed E-state index contributed by atoms with van der Waals surface area (Å²) in [4.78, 5) is 49.6. The van der Waals surface area contributed by atoms with E-state index in [4.69, 9.17) is 4.74 Å². The second-order valence-corrected chi connectivity index (χ2v) is 19.1. The molecule has 0 saturated carbocycles. The van der Waals surface area contributed by atoms with Crippen molar-refractivity contribution < 1.29 is 28.3 Å². The number of aliphatic hydroxyl groups excluding tert-OH is 1. The van der Waals surface area contributed by atoms with Gasteiger partial charge in [-0.1, -0.05) is 55.5 Å². The first-order chi connectivity index (χ1) is 26.5. The lowest BCUT2D eigenvalue weighted by Gasteiger charge is -2.31. The Labute approximate surface area is 319 Å². The first kappa shape index (κ1) is 36.4. The zero-order valence-electron chi connectivity index (χ0n) is 31.0. The van der Waals surface area contributed by atoms with Crippen LogP contribution in [0.5, 0.6) is 0 Å². The van der Waals surface area contributed by atoms with Crippen molar-refractivity contribution in [1.29, 1.82) is 0 Å². The molecule has 2 aliphatic rings. The molecule has 4 aromatic carbocycles. The Bertz CT molecular complexity index is 2440. The summed E-state index contributed by atoms with van der Waals surface area (Å²) in [6, 6.07) is 28.4. The molecule has 55 heavy (non-hydrogen) atoms. The van der Waals surface area contributed by atoms with Gasteiger partial charge in [0, 0.05) is 69.2 Å². The minimum Gasteiger partial charge on any atom is -0.396 e. The number of aliphatic hydroxyl groups is 1. The predicted octanol–water partition coefficient (Wildman–Crippen LogP) is 7.72. The molecule has 2 aliphatic heterocycles. The number of H-pyrrole nitrogens is 2. The van der Waals surface area contributed by atoms with E-state index in [-0.39, 0.29) is 50.1 Å². The van der Waals surface area contributed by atoms with Gasteiger partial charge in [0.1, 0.15) is 0 Å². The number of ether oxygens (including phenoxy) is 1. The quantitative estimate of drug-likeness (QED) is 0.0681. The number of nitrogens with one attached hydrogen (secondary N) is 4. The van der Waals surface area contributed by atoms with Gasteiger partial charge in [0.2, 0.25) is 20.2 Å². The number of amides is 3.